The molecule has 3 heteroatoms. The van der Waals surface area contributed by atoms with Crippen molar-refractivity contribution in [3.05, 3.63) is 0 Å². The Morgan fingerprint density at radius 3 is 2.50 bits per heavy atom. The van der Waals surface area contributed by atoms with Crippen molar-refractivity contribution in [3.63, 3.8) is 0 Å². The number of hydrogen-bond donors (Lipinski definition) is 1. The van der Waals surface area contributed by atoms with E-state index in [1.165, 1.54) is 12.8 Å². The van der Waals surface area contributed by atoms with Gasteiger partial charge in [-0.1, -0.05) is 0 Å². The van der Waals surface area contributed by atoms with E-state index >= 15 is 0 Å². The topological polar surface area (TPSA) is 30.5 Å². The minimum atomic E-state index is 0.149. The van der Waals surface area contributed by atoms with Gasteiger partial charge >= 0.3 is 0 Å². The molecule has 2 heterocycles. The van der Waals surface area contributed by atoms with Gasteiger partial charge < -0.3 is 9.47 Å². The standard InChI is InChI=1S/C11H19NO2/c1-9-12-8-10(2-3-10)11(14-9)4-6-13-7-5-11/h9,12H,2-8H2,1H3. The molecule has 3 nitrogen and oxygen atoms in total. The van der Waals surface area contributed by atoms with Crippen LogP contribution in [0.15, 0.2) is 0 Å². The van der Waals surface area contributed by atoms with Crippen molar-refractivity contribution in [1.29, 1.82) is 0 Å². The highest BCUT2D eigenvalue weighted by Crippen LogP contribution is 2.60. The number of nitrogens with one attached hydrogen (secondary N) is 1. The van der Waals surface area contributed by atoms with E-state index in [1.807, 2.05) is 0 Å². The summed E-state index contributed by atoms with van der Waals surface area (Å²) in [7, 11) is 0. The summed E-state index contributed by atoms with van der Waals surface area (Å²) < 4.78 is 11.7. The predicted octanol–water partition coefficient (Wildman–Crippen LogP) is 1.28. The van der Waals surface area contributed by atoms with Crippen LogP contribution < -0.4 is 5.32 Å². The van der Waals surface area contributed by atoms with E-state index in [-0.39, 0.29) is 11.8 Å². The molecule has 3 rings (SSSR count). The number of fused-ring (bicyclic) bond motifs is 1. The van der Waals surface area contributed by atoms with E-state index in [9.17, 15) is 0 Å². The quantitative estimate of drug-likeness (QED) is 0.634. The second-order valence-corrected chi connectivity index (χ2v) is 5.03. The molecule has 0 aromatic carbocycles. The molecule has 0 bridgehead atoms. The predicted molar refractivity (Wildman–Crippen MR) is 53.0 cm³/mol. The van der Waals surface area contributed by atoms with E-state index in [0.717, 1.165) is 32.6 Å². The molecule has 0 aromatic rings. The van der Waals surface area contributed by atoms with Crippen LogP contribution in [0.25, 0.3) is 0 Å². The zero-order valence-corrected chi connectivity index (χ0v) is 8.84. The van der Waals surface area contributed by atoms with Crippen LogP contribution in [0.2, 0.25) is 0 Å². The molecule has 2 aliphatic heterocycles. The largest absolute Gasteiger partial charge is 0.381 e. The summed E-state index contributed by atoms with van der Waals surface area (Å²) in [5, 5.41) is 3.44. The normalized spacial score (nSPS) is 38.8. The number of hydrogen-bond acceptors (Lipinski definition) is 3. The summed E-state index contributed by atoms with van der Waals surface area (Å²) in [6.45, 7) is 5.03. The Balaban J connectivity index is 1.85. The highest BCUT2D eigenvalue weighted by Gasteiger charge is 2.62. The second-order valence-electron chi connectivity index (χ2n) is 5.03. The first kappa shape index (κ1) is 9.13. The number of ether oxygens (including phenoxy) is 2. The average Bonchev–Trinajstić information content (AvgIpc) is 2.96. The lowest BCUT2D eigenvalue weighted by Gasteiger charge is -2.49. The van der Waals surface area contributed by atoms with Gasteiger partial charge in [-0.15, -0.1) is 0 Å². The molecule has 80 valence electrons. The van der Waals surface area contributed by atoms with E-state index in [2.05, 4.69) is 12.2 Å². The number of rotatable bonds is 0. The molecular formula is C11H19NO2. The van der Waals surface area contributed by atoms with Gasteiger partial charge in [0.05, 0.1) is 5.60 Å². The summed E-state index contributed by atoms with van der Waals surface area (Å²) in [5.41, 5.74) is 0.610. The Morgan fingerprint density at radius 2 is 1.86 bits per heavy atom. The van der Waals surface area contributed by atoms with Gasteiger partial charge in [-0.05, 0) is 19.8 Å². The van der Waals surface area contributed by atoms with Crippen LogP contribution in [0.4, 0.5) is 0 Å². The third kappa shape index (κ3) is 1.16. The molecular weight excluding hydrogens is 178 g/mol. The minimum Gasteiger partial charge on any atom is -0.381 e. The second kappa shape index (κ2) is 2.94. The lowest BCUT2D eigenvalue weighted by molar-refractivity contribution is -0.207. The highest BCUT2D eigenvalue weighted by molar-refractivity contribution is 5.13. The third-order valence-corrected chi connectivity index (χ3v) is 4.25. The van der Waals surface area contributed by atoms with Crippen molar-refractivity contribution in [2.75, 3.05) is 19.8 Å². The SMILES string of the molecule is CC1NCC2(CC2)C2(CCOCC2)O1. The van der Waals surface area contributed by atoms with Crippen LogP contribution >= 0.6 is 0 Å². The fourth-order valence-corrected chi connectivity index (χ4v) is 3.14. The van der Waals surface area contributed by atoms with E-state index in [0.29, 0.717) is 5.41 Å². The smallest absolute Gasteiger partial charge is 0.106 e. The van der Waals surface area contributed by atoms with Gasteiger partial charge in [0.1, 0.15) is 6.23 Å². The Hall–Kier alpha value is -0.120. The molecule has 3 fully saturated rings. The zero-order chi connectivity index (χ0) is 9.65. The Labute approximate surface area is 85.1 Å². The minimum absolute atomic E-state index is 0.149. The van der Waals surface area contributed by atoms with Gasteiger partial charge in [-0.2, -0.15) is 0 Å². The van der Waals surface area contributed by atoms with Crippen molar-refractivity contribution in [3.8, 4) is 0 Å². The van der Waals surface area contributed by atoms with Crippen molar-refractivity contribution in [1.82, 2.24) is 5.32 Å². The lowest BCUT2D eigenvalue weighted by Crippen LogP contribution is -2.59. The summed E-state index contributed by atoms with van der Waals surface area (Å²) >= 11 is 0. The molecule has 1 atom stereocenters. The molecule has 1 N–H and O–H groups in total. The van der Waals surface area contributed by atoms with E-state index < -0.39 is 0 Å². The molecule has 1 aliphatic carbocycles. The van der Waals surface area contributed by atoms with Gasteiger partial charge in [0.15, 0.2) is 0 Å². The van der Waals surface area contributed by atoms with Gasteiger partial charge in [-0.25, -0.2) is 0 Å². The molecule has 0 amide bonds. The van der Waals surface area contributed by atoms with Crippen LogP contribution in [-0.2, 0) is 9.47 Å². The molecule has 1 unspecified atom stereocenters. The Bertz CT molecular complexity index is 231. The first-order valence-electron chi connectivity index (χ1n) is 5.75. The maximum atomic E-state index is 6.20. The van der Waals surface area contributed by atoms with E-state index in [1.54, 1.807) is 0 Å². The molecule has 2 spiro atoms. The average molecular weight is 197 g/mol. The first-order valence-corrected chi connectivity index (χ1v) is 5.75. The summed E-state index contributed by atoms with van der Waals surface area (Å²) in [6.07, 6.45) is 5.09. The maximum Gasteiger partial charge on any atom is 0.106 e. The summed E-state index contributed by atoms with van der Waals surface area (Å²) in [6, 6.07) is 0. The first-order chi connectivity index (χ1) is 6.77. The Morgan fingerprint density at radius 1 is 1.14 bits per heavy atom. The summed E-state index contributed by atoms with van der Waals surface area (Å²) in [4.78, 5) is 0. The maximum absolute atomic E-state index is 6.20. The molecule has 1 saturated carbocycles. The van der Waals surface area contributed by atoms with Crippen LogP contribution in [0.1, 0.15) is 32.6 Å². The highest BCUT2D eigenvalue weighted by atomic mass is 16.5. The fraction of sp³-hybridized carbons (Fsp3) is 1.00. The van der Waals surface area contributed by atoms with Crippen LogP contribution in [-0.4, -0.2) is 31.6 Å². The molecule has 3 aliphatic rings. The van der Waals surface area contributed by atoms with Gasteiger partial charge in [0.2, 0.25) is 0 Å². The lowest BCUT2D eigenvalue weighted by atomic mass is 9.76. The van der Waals surface area contributed by atoms with Crippen molar-refractivity contribution < 1.29 is 9.47 Å². The zero-order valence-electron chi connectivity index (χ0n) is 8.84. The van der Waals surface area contributed by atoms with Crippen LogP contribution in [0.5, 0.6) is 0 Å². The van der Waals surface area contributed by atoms with E-state index in [4.69, 9.17) is 9.47 Å². The monoisotopic (exact) mass is 197 g/mol. The van der Waals surface area contributed by atoms with Crippen molar-refractivity contribution in [2.24, 2.45) is 5.41 Å². The summed E-state index contributed by atoms with van der Waals surface area (Å²) in [5.74, 6) is 0. The van der Waals surface area contributed by atoms with Crippen molar-refractivity contribution >= 4 is 0 Å². The fourth-order valence-electron chi connectivity index (χ4n) is 3.14. The third-order valence-electron chi connectivity index (χ3n) is 4.25. The molecule has 2 saturated heterocycles. The molecule has 0 radical (unpaired) electrons. The van der Waals surface area contributed by atoms with Gasteiger partial charge in [0, 0.05) is 38.0 Å². The van der Waals surface area contributed by atoms with Gasteiger partial charge in [-0.3, -0.25) is 5.32 Å². The van der Waals surface area contributed by atoms with Gasteiger partial charge in [0.25, 0.3) is 0 Å². The van der Waals surface area contributed by atoms with Crippen LogP contribution in [0, 0.1) is 5.41 Å². The Kier molecular flexibility index (Phi) is 1.92. The molecule has 0 aromatic heterocycles. The van der Waals surface area contributed by atoms with Crippen LogP contribution in [0.3, 0.4) is 0 Å². The van der Waals surface area contributed by atoms with Crippen molar-refractivity contribution in [2.45, 2.75) is 44.4 Å². The molecule has 14 heavy (non-hydrogen) atoms.